The van der Waals surface area contributed by atoms with E-state index >= 15 is 0 Å². The molecule has 1 aromatic heterocycles. The Morgan fingerprint density at radius 2 is 1.83 bits per heavy atom. The largest absolute Gasteiger partial charge is 0.496 e. The van der Waals surface area contributed by atoms with Crippen LogP contribution in [-0.2, 0) is 4.79 Å². The van der Waals surface area contributed by atoms with Gasteiger partial charge >= 0.3 is 0 Å². The molecule has 0 saturated heterocycles. The third kappa shape index (κ3) is 3.27. The molecule has 6 nitrogen and oxygen atoms in total. The molecule has 1 saturated carbocycles. The van der Waals surface area contributed by atoms with Crippen molar-refractivity contribution in [2.24, 2.45) is 5.92 Å². The number of carbonyl (C=O) groups is 1. The highest BCUT2D eigenvalue weighted by Gasteiger charge is 2.35. The second-order valence-corrected chi connectivity index (χ2v) is 7.09. The number of ether oxygens (including phenoxy) is 3. The SMILES string of the molecule is COc1ccccc1-c1ccc(N(C(=O)C2CC2)c2ccc3c(c2)OCO3)cn1. The molecule has 1 aliphatic heterocycles. The zero-order chi connectivity index (χ0) is 19.8. The summed E-state index contributed by atoms with van der Waals surface area (Å²) in [5, 5.41) is 0. The van der Waals surface area contributed by atoms with Gasteiger partial charge in [0.1, 0.15) is 5.75 Å². The van der Waals surface area contributed by atoms with Crippen molar-refractivity contribution >= 4 is 17.3 Å². The van der Waals surface area contributed by atoms with Gasteiger partial charge in [-0.15, -0.1) is 0 Å². The minimum atomic E-state index is 0.0642. The van der Waals surface area contributed by atoms with Gasteiger partial charge in [0.05, 0.1) is 30.4 Å². The number of pyridine rings is 1. The van der Waals surface area contributed by atoms with Crippen LogP contribution in [0.15, 0.2) is 60.8 Å². The summed E-state index contributed by atoms with van der Waals surface area (Å²) in [7, 11) is 1.64. The summed E-state index contributed by atoms with van der Waals surface area (Å²) < 4.78 is 16.3. The third-order valence-corrected chi connectivity index (χ3v) is 5.15. The van der Waals surface area contributed by atoms with E-state index in [2.05, 4.69) is 4.98 Å². The van der Waals surface area contributed by atoms with Crippen molar-refractivity contribution in [3.63, 3.8) is 0 Å². The van der Waals surface area contributed by atoms with Crippen molar-refractivity contribution in [3.05, 3.63) is 60.8 Å². The summed E-state index contributed by atoms with van der Waals surface area (Å²) in [6, 6.07) is 17.1. The number of nitrogens with zero attached hydrogens (tertiary/aromatic N) is 2. The maximum Gasteiger partial charge on any atom is 0.234 e. The fourth-order valence-corrected chi connectivity index (χ4v) is 3.47. The molecular formula is C23H20N2O4. The number of hydrogen-bond acceptors (Lipinski definition) is 5. The number of hydrogen-bond donors (Lipinski definition) is 0. The molecule has 146 valence electrons. The van der Waals surface area contributed by atoms with Crippen molar-refractivity contribution < 1.29 is 19.0 Å². The molecular weight excluding hydrogens is 368 g/mol. The molecule has 3 aromatic rings. The fraction of sp³-hybridized carbons (Fsp3) is 0.217. The summed E-state index contributed by atoms with van der Waals surface area (Å²) in [5.74, 6) is 2.24. The Morgan fingerprint density at radius 1 is 1.03 bits per heavy atom. The Balaban J connectivity index is 1.52. The Kier molecular flexibility index (Phi) is 4.31. The number of methoxy groups -OCH3 is 1. The lowest BCUT2D eigenvalue weighted by Gasteiger charge is -2.23. The Bertz CT molecular complexity index is 1060. The van der Waals surface area contributed by atoms with E-state index in [0.29, 0.717) is 11.5 Å². The lowest BCUT2D eigenvalue weighted by Crippen LogP contribution is -2.27. The van der Waals surface area contributed by atoms with Crippen LogP contribution in [0.4, 0.5) is 11.4 Å². The number of benzene rings is 2. The topological polar surface area (TPSA) is 60.9 Å². The van der Waals surface area contributed by atoms with E-state index in [9.17, 15) is 4.79 Å². The second kappa shape index (κ2) is 7.13. The molecule has 29 heavy (non-hydrogen) atoms. The third-order valence-electron chi connectivity index (χ3n) is 5.15. The number of aromatic nitrogens is 1. The molecule has 2 heterocycles. The zero-order valence-corrected chi connectivity index (χ0v) is 16.0. The van der Waals surface area contributed by atoms with E-state index < -0.39 is 0 Å². The van der Waals surface area contributed by atoms with E-state index in [1.807, 2.05) is 54.6 Å². The first-order valence-corrected chi connectivity index (χ1v) is 9.57. The molecule has 2 aromatic carbocycles. The summed E-state index contributed by atoms with van der Waals surface area (Å²) in [6.07, 6.45) is 3.58. The monoisotopic (exact) mass is 388 g/mol. The van der Waals surface area contributed by atoms with Crippen LogP contribution in [0.3, 0.4) is 0 Å². The van der Waals surface area contributed by atoms with Crippen LogP contribution in [-0.4, -0.2) is 24.8 Å². The number of para-hydroxylation sites is 1. The molecule has 0 spiro atoms. The number of rotatable bonds is 5. The smallest absolute Gasteiger partial charge is 0.234 e. The van der Waals surface area contributed by atoms with E-state index in [1.54, 1.807) is 18.2 Å². The van der Waals surface area contributed by atoms with Gasteiger partial charge in [0.25, 0.3) is 0 Å². The minimum absolute atomic E-state index is 0.0642. The van der Waals surface area contributed by atoms with Crippen molar-refractivity contribution in [2.45, 2.75) is 12.8 Å². The lowest BCUT2D eigenvalue weighted by atomic mass is 10.1. The summed E-state index contributed by atoms with van der Waals surface area (Å²) in [5.41, 5.74) is 3.16. The number of amides is 1. The number of fused-ring (bicyclic) bond motifs is 1. The van der Waals surface area contributed by atoms with E-state index in [-0.39, 0.29) is 18.6 Å². The normalized spacial score (nSPS) is 14.5. The van der Waals surface area contributed by atoms with Crippen molar-refractivity contribution in [2.75, 3.05) is 18.8 Å². The summed E-state index contributed by atoms with van der Waals surface area (Å²) >= 11 is 0. The van der Waals surface area contributed by atoms with Gasteiger partial charge in [-0.05, 0) is 49.2 Å². The van der Waals surface area contributed by atoms with Crippen LogP contribution in [0.25, 0.3) is 11.3 Å². The van der Waals surface area contributed by atoms with Crippen LogP contribution in [0.5, 0.6) is 17.2 Å². The van der Waals surface area contributed by atoms with Gasteiger partial charge in [-0.2, -0.15) is 0 Å². The van der Waals surface area contributed by atoms with Crippen LogP contribution in [0.2, 0.25) is 0 Å². The van der Waals surface area contributed by atoms with E-state index in [0.717, 1.165) is 41.2 Å². The quantitative estimate of drug-likeness (QED) is 0.641. The highest BCUT2D eigenvalue weighted by atomic mass is 16.7. The molecule has 0 atom stereocenters. The van der Waals surface area contributed by atoms with Crippen molar-refractivity contribution in [1.82, 2.24) is 4.98 Å². The van der Waals surface area contributed by atoms with Gasteiger partial charge in [0.2, 0.25) is 12.7 Å². The molecule has 1 amide bonds. The van der Waals surface area contributed by atoms with Gasteiger partial charge in [0.15, 0.2) is 11.5 Å². The molecule has 0 bridgehead atoms. The Labute approximate surface area is 168 Å². The molecule has 1 aliphatic carbocycles. The highest BCUT2D eigenvalue weighted by molar-refractivity contribution is 6.03. The first-order valence-electron chi connectivity index (χ1n) is 9.57. The summed E-state index contributed by atoms with van der Waals surface area (Å²) in [6.45, 7) is 0.199. The molecule has 0 radical (unpaired) electrons. The number of carbonyl (C=O) groups excluding carboxylic acids is 1. The molecule has 0 unspecified atom stereocenters. The predicted octanol–water partition coefficient (Wildman–Crippen LogP) is 4.56. The Hall–Kier alpha value is -3.54. The highest BCUT2D eigenvalue weighted by Crippen LogP contribution is 2.41. The maximum absolute atomic E-state index is 13.1. The number of anilines is 2. The maximum atomic E-state index is 13.1. The van der Waals surface area contributed by atoms with E-state index in [4.69, 9.17) is 14.2 Å². The standard InChI is InChI=1S/C23H20N2O4/c1-27-20-5-3-2-4-18(20)19-10-8-17(13-24-19)25(23(26)15-6-7-15)16-9-11-21-22(12-16)29-14-28-21/h2-5,8-13,15H,6-7,14H2,1H3. The predicted molar refractivity (Wildman–Crippen MR) is 109 cm³/mol. The average Bonchev–Trinajstić information content (AvgIpc) is 3.52. The van der Waals surface area contributed by atoms with Crippen LogP contribution in [0, 0.1) is 5.92 Å². The van der Waals surface area contributed by atoms with Gasteiger partial charge in [0, 0.05) is 17.5 Å². The zero-order valence-electron chi connectivity index (χ0n) is 16.0. The van der Waals surface area contributed by atoms with Gasteiger partial charge in [-0.1, -0.05) is 12.1 Å². The van der Waals surface area contributed by atoms with Crippen molar-refractivity contribution in [1.29, 1.82) is 0 Å². The lowest BCUT2D eigenvalue weighted by molar-refractivity contribution is -0.119. The average molecular weight is 388 g/mol. The Morgan fingerprint density at radius 3 is 2.59 bits per heavy atom. The van der Waals surface area contributed by atoms with Crippen LogP contribution < -0.4 is 19.1 Å². The van der Waals surface area contributed by atoms with Gasteiger partial charge < -0.3 is 14.2 Å². The van der Waals surface area contributed by atoms with Gasteiger partial charge in [-0.3, -0.25) is 14.7 Å². The second-order valence-electron chi connectivity index (χ2n) is 7.09. The van der Waals surface area contributed by atoms with Crippen LogP contribution >= 0.6 is 0 Å². The molecule has 5 rings (SSSR count). The molecule has 1 fully saturated rings. The van der Waals surface area contributed by atoms with Gasteiger partial charge in [-0.25, -0.2) is 0 Å². The molecule has 0 N–H and O–H groups in total. The molecule has 2 aliphatic rings. The minimum Gasteiger partial charge on any atom is -0.496 e. The van der Waals surface area contributed by atoms with Crippen LogP contribution in [0.1, 0.15) is 12.8 Å². The van der Waals surface area contributed by atoms with Crippen molar-refractivity contribution in [3.8, 4) is 28.5 Å². The summed E-state index contributed by atoms with van der Waals surface area (Å²) in [4.78, 5) is 19.4. The first kappa shape index (κ1) is 17.6. The fourth-order valence-electron chi connectivity index (χ4n) is 3.47. The molecule has 6 heteroatoms. The first-order chi connectivity index (χ1) is 14.2. The van der Waals surface area contributed by atoms with E-state index in [1.165, 1.54) is 0 Å².